The van der Waals surface area contributed by atoms with Gasteiger partial charge in [0.25, 0.3) is 5.91 Å². The molecule has 136 valence electrons. The standard InChI is InChI=1S/C18H25N3O4/c1-2-24-11-16(22)21-12-18(13-21)15(6-10-25-18)5-9-20-17(23)14-3-7-19-8-4-14/h3-4,7-8,15H,2,5-6,9-13H2,1H3,(H,20,23)/t15-/m0/s1. The minimum absolute atomic E-state index is 0.0210. The lowest BCUT2D eigenvalue weighted by Crippen LogP contribution is -2.66. The predicted molar refractivity (Wildman–Crippen MR) is 91.1 cm³/mol. The Labute approximate surface area is 147 Å². The third-order valence-electron chi connectivity index (χ3n) is 5.02. The van der Waals surface area contributed by atoms with Gasteiger partial charge in [-0.05, 0) is 37.8 Å². The molecule has 0 aromatic carbocycles. The molecule has 7 heteroatoms. The van der Waals surface area contributed by atoms with Crippen LogP contribution in [0.15, 0.2) is 24.5 Å². The summed E-state index contributed by atoms with van der Waals surface area (Å²) >= 11 is 0. The summed E-state index contributed by atoms with van der Waals surface area (Å²) in [6, 6.07) is 3.40. The van der Waals surface area contributed by atoms with E-state index >= 15 is 0 Å². The number of nitrogens with zero attached hydrogens (tertiary/aromatic N) is 2. The average molecular weight is 347 g/mol. The quantitative estimate of drug-likeness (QED) is 0.791. The Kier molecular flexibility index (Phi) is 5.65. The van der Waals surface area contributed by atoms with E-state index in [2.05, 4.69) is 10.3 Å². The Hall–Kier alpha value is -1.99. The number of amides is 2. The largest absolute Gasteiger partial charge is 0.372 e. The summed E-state index contributed by atoms with van der Waals surface area (Å²) < 4.78 is 11.1. The van der Waals surface area contributed by atoms with Crippen LogP contribution in [0.4, 0.5) is 0 Å². The van der Waals surface area contributed by atoms with Crippen LogP contribution in [0.3, 0.4) is 0 Å². The second-order valence-corrected chi connectivity index (χ2v) is 6.57. The smallest absolute Gasteiger partial charge is 0.251 e. The first-order chi connectivity index (χ1) is 12.1. The van der Waals surface area contributed by atoms with Crippen LogP contribution in [-0.4, -0.2) is 66.8 Å². The first kappa shape index (κ1) is 17.8. The van der Waals surface area contributed by atoms with Gasteiger partial charge in [0.15, 0.2) is 0 Å². The third-order valence-corrected chi connectivity index (χ3v) is 5.02. The Balaban J connectivity index is 1.44. The van der Waals surface area contributed by atoms with Crippen LogP contribution in [0.25, 0.3) is 0 Å². The van der Waals surface area contributed by atoms with Crippen molar-refractivity contribution in [3.05, 3.63) is 30.1 Å². The molecule has 3 rings (SSSR count). The lowest BCUT2D eigenvalue weighted by Gasteiger charge is -2.50. The van der Waals surface area contributed by atoms with Crippen LogP contribution in [0.1, 0.15) is 30.1 Å². The van der Waals surface area contributed by atoms with Gasteiger partial charge < -0.3 is 19.7 Å². The summed E-state index contributed by atoms with van der Waals surface area (Å²) in [5.74, 6) is 0.298. The van der Waals surface area contributed by atoms with Gasteiger partial charge in [-0.15, -0.1) is 0 Å². The molecule has 25 heavy (non-hydrogen) atoms. The van der Waals surface area contributed by atoms with Crippen molar-refractivity contribution in [3.8, 4) is 0 Å². The van der Waals surface area contributed by atoms with Crippen molar-refractivity contribution in [1.82, 2.24) is 15.2 Å². The van der Waals surface area contributed by atoms with Crippen LogP contribution < -0.4 is 5.32 Å². The fourth-order valence-electron chi connectivity index (χ4n) is 3.56. The second kappa shape index (κ2) is 7.93. The SMILES string of the molecule is CCOCC(=O)N1CC2(C1)OCC[C@@H]2CCNC(=O)c1ccncc1. The number of pyridine rings is 1. The van der Waals surface area contributed by atoms with Gasteiger partial charge in [0, 0.05) is 37.7 Å². The number of rotatable bonds is 7. The van der Waals surface area contributed by atoms with E-state index in [0.717, 1.165) is 19.4 Å². The fraction of sp³-hybridized carbons (Fsp3) is 0.611. The summed E-state index contributed by atoms with van der Waals surface area (Å²) in [5, 5.41) is 2.95. The highest BCUT2D eigenvalue weighted by Crippen LogP contribution is 2.41. The van der Waals surface area contributed by atoms with Crippen molar-refractivity contribution in [2.45, 2.75) is 25.4 Å². The number of carbonyl (C=O) groups excluding carboxylic acids is 2. The third kappa shape index (κ3) is 3.99. The van der Waals surface area contributed by atoms with Crippen molar-refractivity contribution in [1.29, 1.82) is 0 Å². The van der Waals surface area contributed by atoms with Gasteiger partial charge in [0.2, 0.25) is 5.91 Å². The van der Waals surface area contributed by atoms with Gasteiger partial charge in [0.05, 0.1) is 13.1 Å². The highest BCUT2D eigenvalue weighted by atomic mass is 16.5. The molecule has 2 aliphatic heterocycles. The average Bonchev–Trinajstić information content (AvgIpc) is 3.03. The Morgan fingerprint density at radius 1 is 1.40 bits per heavy atom. The minimum atomic E-state index is -0.233. The maximum atomic E-state index is 12.1. The number of likely N-dealkylation sites (tertiary alicyclic amines) is 1. The number of ether oxygens (including phenoxy) is 2. The van der Waals surface area contributed by atoms with E-state index in [4.69, 9.17) is 9.47 Å². The van der Waals surface area contributed by atoms with Crippen molar-refractivity contribution in [3.63, 3.8) is 0 Å². The zero-order valence-electron chi connectivity index (χ0n) is 14.6. The predicted octanol–water partition coefficient (Wildman–Crippen LogP) is 0.856. The maximum Gasteiger partial charge on any atom is 0.251 e. The van der Waals surface area contributed by atoms with Crippen LogP contribution in [0.2, 0.25) is 0 Å². The molecule has 2 saturated heterocycles. The van der Waals surface area contributed by atoms with Crippen molar-refractivity contribution in [2.24, 2.45) is 5.92 Å². The molecule has 2 aliphatic rings. The number of nitrogens with one attached hydrogen (secondary N) is 1. The zero-order valence-corrected chi connectivity index (χ0v) is 14.6. The highest BCUT2D eigenvalue weighted by molar-refractivity contribution is 5.93. The fourth-order valence-corrected chi connectivity index (χ4v) is 3.56. The van der Waals surface area contributed by atoms with Crippen LogP contribution in [-0.2, 0) is 14.3 Å². The minimum Gasteiger partial charge on any atom is -0.372 e. The van der Waals surface area contributed by atoms with Crippen LogP contribution >= 0.6 is 0 Å². The molecular weight excluding hydrogens is 322 g/mol. The van der Waals surface area contributed by atoms with Gasteiger partial charge in [-0.3, -0.25) is 14.6 Å². The molecule has 2 amide bonds. The van der Waals surface area contributed by atoms with Crippen molar-refractivity contribution in [2.75, 3.05) is 39.5 Å². The van der Waals surface area contributed by atoms with E-state index in [9.17, 15) is 9.59 Å². The van der Waals surface area contributed by atoms with Crippen molar-refractivity contribution >= 4 is 11.8 Å². The number of hydrogen-bond donors (Lipinski definition) is 1. The molecule has 1 spiro atoms. The van der Waals surface area contributed by atoms with Gasteiger partial charge >= 0.3 is 0 Å². The summed E-state index contributed by atoms with van der Waals surface area (Å²) in [7, 11) is 0. The lowest BCUT2D eigenvalue weighted by atomic mass is 9.79. The molecule has 7 nitrogen and oxygen atoms in total. The Morgan fingerprint density at radius 3 is 2.88 bits per heavy atom. The molecule has 2 fully saturated rings. The van der Waals surface area contributed by atoms with E-state index in [-0.39, 0.29) is 24.0 Å². The van der Waals surface area contributed by atoms with E-state index in [1.807, 2.05) is 6.92 Å². The molecule has 0 saturated carbocycles. The molecule has 0 bridgehead atoms. The van der Waals surface area contributed by atoms with E-state index < -0.39 is 0 Å². The number of carbonyl (C=O) groups is 2. The molecule has 1 atom stereocenters. The van der Waals surface area contributed by atoms with E-state index in [1.54, 1.807) is 29.4 Å². The Morgan fingerprint density at radius 2 is 2.16 bits per heavy atom. The monoisotopic (exact) mass is 347 g/mol. The molecule has 3 heterocycles. The molecular formula is C18H25N3O4. The maximum absolute atomic E-state index is 12.1. The number of aromatic nitrogens is 1. The van der Waals surface area contributed by atoms with Gasteiger partial charge in [-0.2, -0.15) is 0 Å². The molecule has 1 N–H and O–H groups in total. The molecule has 1 aromatic rings. The topological polar surface area (TPSA) is 80.8 Å². The number of hydrogen-bond acceptors (Lipinski definition) is 5. The van der Waals surface area contributed by atoms with Gasteiger partial charge in [0.1, 0.15) is 12.2 Å². The Bertz CT molecular complexity index is 602. The first-order valence-electron chi connectivity index (χ1n) is 8.82. The van der Waals surface area contributed by atoms with E-state index in [0.29, 0.717) is 37.7 Å². The van der Waals surface area contributed by atoms with E-state index in [1.165, 1.54) is 0 Å². The normalized spacial score (nSPS) is 21.2. The molecule has 0 aliphatic carbocycles. The second-order valence-electron chi connectivity index (χ2n) is 6.57. The van der Waals surface area contributed by atoms with Crippen molar-refractivity contribution < 1.29 is 19.1 Å². The van der Waals surface area contributed by atoms with Crippen LogP contribution in [0.5, 0.6) is 0 Å². The van der Waals surface area contributed by atoms with Crippen LogP contribution in [0, 0.1) is 5.92 Å². The molecule has 0 radical (unpaired) electrons. The highest BCUT2D eigenvalue weighted by Gasteiger charge is 2.53. The zero-order chi connectivity index (χ0) is 17.7. The molecule has 0 unspecified atom stereocenters. The lowest BCUT2D eigenvalue weighted by molar-refractivity contribution is -0.169. The summed E-state index contributed by atoms with van der Waals surface area (Å²) in [4.78, 5) is 29.7. The summed E-state index contributed by atoms with van der Waals surface area (Å²) in [6.45, 7) is 5.13. The summed E-state index contributed by atoms with van der Waals surface area (Å²) in [5.41, 5.74) is 0.382. The van der Waals surface area contributed by atoms with Gasteiger partial charge in [-0.1, -0.05) is 0 Å². The molecule has 1 aromatic heterocycles. The van der Waals surface area contributed by atoms with Gasteiger partial charge in [-0.25, -0.2) is 0 Å². The summed E-state index contributed by atoms with van der Waals surface area (Å²) in [6.07, 6.45) is 5.04. The first-order valence-corrected chi connectivity index (χ1v) is 8.82.